The fourth-order valence-electron chi connectivity index (χ4n) is 0. The summed E-state index contributed by atoms with van der Waals surface area (Å²) in [7, 11) is 0. The first-order valence-electron chi connectivity index (χ1n) is 0.349. The van der Waals surface area contributed by atoms with E-state index in [1.807, 2.05) is 0 Å². The molecule has 5 heavy (non-hydrogen) atoms. The Balaban J connectivity index is -0.0000000200. The van der Waals surface area contributed by atoms with E-state index < -0.39 is 18.9 Å². The van der Waals surface area contributed by atoms with E-state index in [0.717, 1.165) is 0 Å². The zero-order chi connectivity index (χ0) is 2.71. The van der Waals surface area contributed by atoms with E-state index in [1.54, 1.807) is 0 Å². The number of hydrogen-bond donors (Lipinski definition) is 1. The van der Waals surface area contributed by atoms with Gasteiger partial charge in [-0.3, -0.25) is 0 Å². The smallest absolute Gasteiger partial charge is 0 e. The molecule has 0 aliphatic carbocycles. The summed E-state index contributed by atoms with van der Waals surface area (Å²) >= 11 is -2.00. The van der Waals surface area contributed by atoms with Gasteiger partial charge in [-0.2, -0.15) is 0 Å². The van der Waals surface area contributed by atoms with Crippen molar-refractivity contribution in [3.63, 3.8) is 0 Å². The molecule has 0 aromatic rings. The van der Waals surface area contributed by atoms with Crippen LogP contribution in [0.4, 0.5) is 0 Å². The van der Waals surface area contributed by atoms with Crippen LogP contribution in [0.3, 0.4) is 0 Å². The van der Waals surface area contributed by atoms with E-state index in [4.69, 9.17) is 7.16 Å². The molecule has 0 heterocycles. The Kier molecular flexibility index (Phi) is 49.3. The van der Waals surface area contributed by atoms with E-state index in [9.17, 15) is 0 Å². The Labute approximate surface area is 107 Å². The van der Waals surface area contributed by atoms with Crippen LogP contribution >= 0.6 is 0 Å². The van der Waals surface area contributed by atoms with Gasteiger partial charge in [-0.05, 0) is 0 Å². The van der Waals surface area contributed by atoms with Gasteiger partial charge in [0.15, 0.2) is 0 Å². The molecule has 0 saturated heterocycles. The van der Waals surface area contributed by atoms with Crippen molar-refractivity contribution in [2.45, 2.75) is 0 Å². The maximum atomic E-state index is 8.65. The SMILES string of the molecule is [KH].[O]=[W][OH].[Y]. The predicted molar refractivity (Wildman–Crippen MR) is 10.1 cm³/mol. The van der Waals surface area contributed by atoms with Crippen LogP contribution in [0.15, 0.2) is 0 Å². The fraction of sp³-hybridized carbons (Fsp3) is 0. The molecule has 0 fully saturated rings. The molecular formula is H2KO2WY. The van der Waals surface area contributed by atoms with Crippen molar-refractivity contribution < 1.29 is 58.8 Å². The molecule has 1 N–H and O–H groups in total. The third kappa shape index (κ3) is 19.0. The first kappa shape index (κ1) is 15.7. The maximum Gasteiger partial charge on any atom is 0 e. The van der Waals surface area contributed by atoms with Crippen molar-refractivity contribution in [3.05, 3.63) is 0 Å². The molecule has 0 bridgehead atoms. The summed E-state index contributed by atoms with van der Waals surface area (Å²) in [4.78, 5) is 0. The molecule has 0 aromatic carbocycles. The second-order valence-electron chi connectivity index (χ2n) is 0.0745. The Morgan fingerprint density at radius 2 is 1.60 bits per heavy atom. The molecule has 0 spiro atoms. The fourth-order valence-corrected chi connectivity index (χ4v) is 0. The van der Waals surface area contributed by atoms with Crippen LogP contribution in [-0.2, 0) is 55.0 Å². The van der Waals surface area contributed by atoms with Crippen LogP contribution in [-0.4, -0.2) is 55.1 Å². The first-order chi connectivity index (χ1) is 1.41. The maximum absolute atomic E-state index is 8.65. The molecule has 0 saturated carbocycles. The summed E-state index contributed by atoms with van der Waals surface area (Å²) in [5.41, 5.74) is 0. The van der Waals surface area contributed by atoms with Crippen LogP contribution in [0.5, 0.6) is 0 Å². The van der Waals surface area contributed by atoms with Gasteiger partial charge in [0.05, 0.1) is 0 Å². The van der Waals surface area contributed by atoms with Crippen LogP contribution < -0.4 is 0 Å². The summed E-state index contributed by atoms with van der Waals surface area (Å²) in [6, 6.07) is 0. The molecule has 2 nitrogen and oxygen atoms in total. The monoisotopic (exact) mass is 346 g/mol. The van der Waals surface area contributed by atoms with Gasteiger partial charge in [0.25, 0.3) is 0 Å². The molecule has 24 valence electrons. The van der Waals surface area contributed by atoms with Crippen LogP contribution in [0.2, 0.25) is 0 Å². The molecule has 0 unspecified atom stereocenters. The van der Waals surface area contributed by atoms with Gasteiger partial charge in [-0.15, -0.1) is 0 Å². The van der Waals surface area contributed by atoms with E-state index in [-0.39, 0.29) is 84.1 Å². The van der Waals surface area contributed by atoms with Crippen molar-refractivity contribution in [2.24, 2.45) is 0 Å². The van der Waals surface area contributed by atoms with Crippen LogP contribution in [0.1, 0.15) is 0 Å². The van der Waals surface area contributed by atoms with Crippen molar-refractivity contribution in [1.82, 2.24) is 0 Å². The predicted octanol–water partition coefficient (Wildman–Crippen LogP) is -1.33. The molecule has 1 radical (unpaired) electrons. The molecule has 0 aliphatic rings. The van der Waals surface area contributed by atoms with E-state index in [2.05, 4.69) is 0 Å². The molecule has 0 atom stereocenters. The zero-order valence-electron chi connectivity index (χ0n) is 1.84. The normalized spacial score (nSPS) is 2.60. The summed E-state index contributed by atoms with van der Waals surface area (Å²) in [6.07, 6.45) is 0. The van der Waals surface area contributed by atoms with E-state index >= 15 is 0 Å². The quantitative estimate of drug-likeness (QED) is 0.553. The van der Waals surface area contributed by atoms with Gasteiger partial charge < -0.3 is 0 Å². The van der Waals surface area contributed by atoms with Crippen LogP contribution in [0, 0.1) is 0 Å². The van der Waals surface area contributed by atoms with Crippen molar-refractivity contribution in [2.75, 3.05) is 0 Å². The first-order valence-corrected chi connectivity index (χ1v) is 2.86. The number of hydrogen-bond acceptors (Lipinski definition) is 1. The standard InChI is InChI=1S/K.H2O.O.W.Y.H/h;1H2;;;;/q;;;+1;;/p-1. The number of rotatable bonds is 0. The third-order valence-corrected chi connectivity index (χ3v) is 0. The largest absolute Gasteiger partial charge is 0 e. The van der Waals surface area contributed by atoms with Gasteiger partial charge >= 0.3 is 77.4 Å². The summed E-state index contributed by atoms with van der Waals surface area (Å²) in [5.74, 6) is 0. The second kappa shape index (κ2) is 15.7. The van der Waals surface area contributed by atoms with Crippen molar-refractivity contribution in [1.29, 1.82) is 0 Å². The molecule has 0 aliphatic heterocycles. The second-order valence-corrected chi connectivity index (χ2v) is 0.610. The van der Waals surface area contributed by atoms with Gasteiger partial charge in [0, 0.05) is 32.7 Å². The minimum atomic E-state index is -2.00. The van der Waals surface area contributed by atoms with Crippen LogP contribution in [0.25, 0.3) is 0 Å². The topological polar surface area (TPSA) is 37.3 Å². The Bertz CT molecular complexity index is 17.1. The minimum absolute atomic E-state index is 0. The van der Waals surface area contributed by atoms with Gasteiger partial charge in [0.1, 0.15) is 0 Å². The van der Waals surface area contributed by atoms with Gasteiger partial charge in [-0.1, -0.05) is 0 Å². The Morgan fingerprint density at radius 1 is 1.60 bits per heavy atom. The average molecular weight is 346 g/mol. The van der Waals surface area contributed by atoms with E-state index in [1.165, 1.54) is 0 Å². The summed E-state index contributed by atoms with van der Waals surface area (Å²) in [5, 5.41) is 0. The Hall–Kier alpha value is 3.19. The van der Waals surface area contributed by atoms with E-state index in [0.29, 0.717) is 0 Å². The summed E-state index contributed by atoms with van der Waals surface area (Å²) < 4.78 is 15.8. The minimum Gasteiger partial charge on any atom is 0 e. The zero-order valence-corrected chi connectivity index (χ0v) is 7.61. The molecule has 5 heteroatoms. The molecule has 0 rings (SSSR count). The van der Waals surface area contributed by atoms with Gasteiger partial charge in [0.2, 0.25) is 0 Å². The average Bonchev–Trinajstić information content (AvgIpc) is 0.918. The molecular weight excluding hydrogens is 344 g/mol. The Morgan fingerprint density at radius 3 is 1.60 bits per heavy atom. The van der Waals surface area contributed by atoms with Gasteiger partial charge in [-0.25, -0.2) is 0 Å². The van der Waals surface area contributed by atoms with Crippen molar-refractivity contribution in [3.8, 4) is 0 Å². The van der Waals surface area contributed by atoms with Crippen molar-refractivity contribution >= 4 is 51.4 Å². The molecule has 0 aromatic heterocycles. The summed E-state index contributed by atoms with van der Waals surface area (Å²) in [6.45, 7) is 0. The molecule has 0 amide bonds. The third-order valence-electron chi connectivity index (χ3n) is 0.